The van der Waals surface area contributed by atoms with Crippen LogP contribution in [0.25, 0.3) is 0 Å². The van der Waals surface area contributed by atoms with Gasteiger partial charge in [0.2, 0.25) is 0 Å². The molecule has 0 radical (unpaired) electrons. The van der Waals surface area contributed by atoms with Gasteiger partial charge in [-0.05, 0) is 34.9 Å². The quantitative estimate of drug-likeness (QED) is 0.779. The highest BCUT2D eigenvalue weighted by Gasteiger charge is 2.49. The molecule has 0 spiro atoms. The fraction of sp³-hybridized carbons (Fsp3) is 1.00. The van der Waals surface area contributed by atoms with E-state index < -0.39 is 12.4 Å². The Hall–Kier alpha value is -0.280. The van der Waals surface area contributed by atoms with Crippen molar-refractivity contribution in [2.45, 2.75) is 82.8 Å². The smallest absolute Gasteiger partial charge is 0.184 e. The molecule has 2 aliphatic heterocycles. The van der Waals surface area contributed by atoms with Gasteiger partial charge < -0.3 is 33.7 Å². The van der Waals surface area contributed by atoms with Gasteiger partial charge in [-0.1, -0.05) is 6.92 Å². The van der Waals surface area contributed by atoms with Crippen molar-refractivity contribution in [2.24, 2.45) is 5.92 Å². The van der Waals surface area contributed by atoms with Gasteiger partial charge in [0, 0.05) is 20.1 Å². The molecule has 0 aromatic rings. The SMILES string of the molecule is CO[C@H]1[C@H](O[C@@H]2C(C)OC(C)[C@H](O)[C@H]2N(C)C)O[C@H](C)[C@@H](OC)[C@@H]1C. The average molecular weight is 361 g/mol. The van der Waals surface area contributed by atoms with E-state index >= 15 is 0 Å². The van der Waals surface area contributed by atoms with Crippen molar-refractivity contribution in [1.29, 1.82) is 0 Å². The number of likely N-dealkylation sites (N-methyl/N-ethyl adjacent to an activating group) is 1. The molecule has 0 aromatic carbocycles. The van der Waals surface area contributed by atoms with Gasteiger partial charge in [-0.2, -0.15) is 0 Å². The van der Waals surface area contributed by atoms with Crippen LogP contribution in [-0.2, 0) is 23.7 Å². The molecule has 148 valence electrons. The van der Waals surface area contributed by atoms with Gasteiger partial charge in [-0.15, -0.1) is 0 Å². The van der Waals surface area contributed by atoms with Crippen LogP contribution in [0.3, 0.4) is 0 Å². The van der Waals surface area contributed by atoms with Gasteiger partial charge >= 0.3 is 0 Å². The normalized spacial score (nSPS) is 48.7. The van der Waals surface area contributed by atoms with Crippen molar-refractivity contribution in [3.63, 3.8) is 0 Å². The van der Waals surface area contributed by atoms with Crippen molar-refractivity contribution in [2.75, 3.05) is 28.3 Å². The summed E-state index contributed by atoms with van der Waals surface area (Å²) in [6.45, 7) is 7.92. The lowest BCUT2D eigenvalue weighted by molar-refractivity contribution is -0.324. The van der Waals surface area contributed by atoms with Crippen molar-refractivity contribution >= 4 is 0 Å². The topological polar surface area (TPSA) is 69.6 Å². The molecule has 7 heteroatoms. The lowest BCUT2D eigenvalue weighted by Gasteiger charge is -2.49. The van der Waals surface area contributed by atoms with Crippen LogP contribution in [0.5, 0.6) is 0 Å². The molecule has 2 saturated heterocycles. The third kappa shape index (κ3) is 4.18. The Morgan fingerprint density at radius 2 is 1.36 bits per heavy atom. The first-order valence-electron chi connectivity index (χ1n) is 9.09. The van der Waals surface area contributed by atoms with Crippen LogP contribution in [0.15, 0.2) is 0 Å². The summed E-state index contributed by atoms with van der Waals surface area (Å²) in [5, 5.41) is 10.6. The van der Waals surface area contributed by atoms with Crippen LogP contribution < -0.4 is 0 Å². The fourth-order valence-corrected chi connectivity index (χ4v) is 4.26. The summed E-state index contributed by atoms with van der Waals surface area (Å²) in [6, 6.07) is -0.189. The minimum absolute atomic E-state index is 0.0555. The third-order valence-corrected chi connectivity index (χ3v) is 5.61. The molecule has 0 aliphatic carbocycles. The Balaban J connectivity index is 2.19. The van der Waals surface area contributed by atoms with E-state index in [0.717, 1.165) is 0 Å². The number of rotatable bonds is 5. The predicted molar refractivity (Wildman–Crippen MR) is 93.5 cm³/mol. The molecule has 7 nitrogen and oxygen atoms in total. The minimum Gasteiger partial charge on any atom is -0.389 e. The summed E-state index contributed by atoms with van der Waals surface area (Å²) >= 11 is 0. The van der Waals surface area contributed by atoms with E-state index in [-0.39, 0.29) is 48.6 Å². The van der Waals surface area contributed by atoms with Crippen LogP contribution in [0.2, 0.25) is 0 Å². The van der Waals surface area contributed by atoms with Crippen LogP contribution >= 0.6 is 0 Å². The van der Waals surface area contributed by atoms with E-state index in [1.165, 1.54) is 0 Å². The highest BCUT2D eigenvalue weighted by atomic mass is 16.7. The van der Waals surface area contributed by atoms with Crippen LogP contribution in [0.4, 0.5) is 0 Å². The molecule has 25 heavy (non-hydrogen) atoms. The molecular weight excluding hydrogens is 326 g/mol. The molecule has 2 rings (SSSR count). The highest BCUT2D eigenvalue weighted by Crippen LogP contribution is 2.34. The Labute approximate surface area is 151 Å². The van der Waals surface area contributed by atoms with E-state index in [2.05, 4.69) is 6.92 Å². The molecule has 2 aliphatic rings. The summed E-state index contributed by atoms with van der Waals surface area (Å²) in [6.07, 6.45) is -2.35. The molecule has 2 fully saturated rings. The monoisotopic (exact) mass is 361 g/mol. The minimum atomic E-state index is -0.637. The number of hydrogen-bond acceptors (Lipinski definition) is 7. The maximum absolute atomic E-state index is 10.6. The van der Waals surface area contributed by atoms with Gasteiger partial charge in [-0.3, -0.25) is 0 Å². The van der Waals surface area contributed by atoms with Crippen LogP contribution in [0, 0.1) is 5.92 Å². The zero-order valence-electron chi connectivity index (χ0n) is 16.7. The molecule has 2 unspecified atom stereocenters. The summed E-state index contributed by atoms with van der Waals surface area (Å²) < 4.78 is 29.5. The summed E-state index contributed by atoms with van der Waals surface area (Å²) in [4.78, 5) is 1.99. The van der Waals surface area contributed by atoms with Crippen LogP contribution in [-0.4, -0.2) is 93.4 Å². The summed E-state index contributed by atoms with van der Waals surface area (Å²) in [5.74, 6) is 0.116. The number of aliphatic hydroxyl groups is 1. The van der Waals surface area contributed by atoms with Gasteiger partial charge in [0.1, 0.15) is 12.2 Å². The maximum atomic E-state index is 10.6. The largest absolute Gasteiger partial charge is 0.389 e. The van der Waals surface area contributed by atoms with Crippen LogP contribution in [0.1, 0.15) is 27.7 Å². The molecule has 1 N–H and O–H groups in total. The van der Waals surface area contributed by atoms with Crippen molar-refractivity contribution in [3.05, 3.63) is 0 Å². The third-order valence-electron chi connectivity index (χ3n) is 5.61. The van der Waals surface area contributed by atoms with Crippen molar-refractivity contribution < 1.29 is 28.8 Å². The standard InChI is InChI=1S/C18H35NO6/c1-9-15(21-7)11(3)24-18(16(9)22-8)25-17-12(4)23-10(2)14(20)13(17)19(5)6/h9-18,20H,1-8H3/t9-,10?,11+,12?,13+,14-,15-,16+,17+,18-/m0/s1. The van der Waals surface area contributed by atoms with E-state index in [1.54, 1.807) is 14.2 Å². The first-order chi connectivity index (χ1) is 11.7. The van der Waals surface area contributed by atoms with Gasteiger partial charge in [-0.25, -0.2) is 0 Å². The number of hydrogen-bond donors (Lipinski definition) is 1. The second-order valence-electron chi connectivity index (χ2n) is 7.56. The van der Waals surface area contributed by atoms with E-state index in [4.69, 9.17) is 23.7 Å². The highest BCUT2D eigenvalue weighted by molar-refractivity contribution is 4.96. The van der Waals surface area contributed by atoms with E-state index in [1.807, 2.05) is 39.8 Å². The van der Waals surface area contributed by atoms with Gasteiger partial charge in [0.15, 0.2) is 6.29 Å². The van der Waals surface area contributed by atoms with Crippen molar-refractivity contribution in [3.8, 4) is 0 Å². The Morgan fingerprint density at radius 3 is 1.88 bits per heavy atom. The zero-order valence-corrected chi connectivity index (χ0v) is 16.7. The molecular formula is C18H35NO6. The lowest BCUT2D eigenvalue weighted by Crippen LogP contribution is -2.64. The van der Waals surface area contributed by atoms with E-state index in [9.17, 15) is 5.11 Å². The summed E-state index contributed by atoms with van der Waals surface area (Å²) in [7, 11) is 7.23. The first kappa shape index (κ1) is 21.0. The first-order valence-corrected chi connectivity index (χ1v) is 9.09. The molecule has 0 amide bonds. The maximum Gasteiger partial charge on any atom is 0.184 e. The molecule has 0 saturated carbocycles. The predicted octanol–water partition coefficient (Wildman–Crippen LogP) is 0.881. The molecule has 10 atom stereocenters. The number of aliphatic hydroxyl groups excluding tert-OH is 1. The Bertz CT molecular complexity index is 422. The van der Waals surface area contributed by atoms with E-state index in [0.29, 0.717) is 0 Å². The fourth-order valence-electron chi connectivity index (χ4n) is 4.26. The van der Waals surface area contributed by atoms with Gasteiger partial charge in [0.25, 0.3) is 0 Å². The zero-order chi connectivity index (χ0) is 18.9. The molecule has 0 bridgehead atoms. The Kier molecular flexibility index (Phi) is 7.24. The molecule has 0 aromatic heterocycles. The lowest BCUT2D eigenvalue weighted by atomic mass is 9.90. The number of nitrogens with zero attached hydrogens (tertiary/aromatic N) is 1. The second-order valence-corrected chi connectivity index (χ2v) is 7.56. The summed E-state index contributed by atoms with van der Waals surface area (Å²) in [5.41, 5.74) is 0. The van der Waals surface area contributed by atoms with Gasteiger partial charge in [0.05, 0.1) is 36.6 Å². The Morgan fingerprint density at radius 1 is 0.800 bits per heavy atom. The average Bonchev–Trinajstić information content (AvgIpc) is 2.52. The number of ether oxygens (including phenoxy) is 5. The van der Waals surface area contributed by atoms with Crippen molar-refractivity contribution in [1.82, 2.24) is 4.90 Å². The second kappa shape index (κ2) is 8.61. The number of methoxy groups -OCH3 is 2. The molecule has 2 heterocycles.